The Labute approximate surface area is 103 Å². The second-order valence-corrected chi connectivity index (χ2v) is 6.86. The molecule has 0 atom stereocenters. The van der Waals surface area contributed by atoms with Gasteiger partial charge in [-0.1, -0.05) is 25.0 Å². The van der Waals surface area contributed by atoms with Gasteiger partial charge in [-0.25, -0.2) is 8.42 Å². The van der Waals surface area contributed by atoms with Crippen molar-refractivity contribution in [3.8, 4) is 0 Å². The number of rotatable bonds is 4. The Kier molecular flexibility index (Phi) is 3.84. The minimum absolute atomic E-state index is 0.164. The molecule has 0 heterocycles. The van der Waals surface area contributed by atoms with Crippen molar-refractivity contribution in [1.82, 2.24) is 0 Å². The molecule has 0 aliphatic heterocycles. The van der Waals surface area contributed by atoms with Crippen molar-refractivity contribution >= 4 is 9.84 Å². The van der Waals surface area contributed by atoms with Crippen LogP contribution in [0.3, 0.4) is 0 Å². The molecule has 0 radical (unpaired) electrons. The van der Waals surface area contributed by atoms with Crippen molar-refractivity contribution in [3.63, 3.8) is 0 Å². The average molecular weight is 253 g/mol. The predicted molar refractivity (Wildman–Crippen MR) is 68.6 cm³/mol. The van der Waals surface area contributed by atoms with Crippen LogP contribution in [0.15, 0.2) is 29.2 Å². The van der Waals surface area contributed by atoms with E-state index in [1.165, 1.54) is 0 Å². The summed E-state index contributed by atoms with van der Waals surface area (Å²) in [6, 6.07) is 7.18. The Morgan fingerprint density at radius 1 is 1.12 bits per heavy atom. The van der Waals surface area contributed by atoms with Crippen LogP contribution < -0.4 is 5.73 Å². The number of nitrogens with two attached hydrogens (primary N) is 1. The van der Waals surface area contributed by atoms with Crippen molar-refractivity contribution in [3.05, 3.63) is 29.8 Å². The van der Waals surface area contributed by atoms with Gasteiger partial charge in [0, 0.05) is 0 Å². The van der Waals surface area contributed by atoms with E-state index in [1.54, 1.807) is 12.1 Å². The van der Waals surface area contributed by atoms with Gasteiger partial charge in [-0.15, -0.1) is 0 Å². The lowest BCUT2D eigenvalue weighted by atomic mass is 10.2. The molecule has 1 saturated carbocycles. The molecule has 1 aliphatic rings. The van der Waals surface area contributed by atoms with Crippen molar-refractivity contribution in [2.45, 2.75) is 42.2 Å². The Morgan fingerprint density at radius 3 is 2.24 bits per heavy atom. The topological polar surface area (TPSA) is 60.2 Å². The van der Waals surface area contributed by atoms with Crippen LogP contribution in [0.5, 0.6) is 0 Å². The first-order valence-corrected chi connectivity index (χ1v) is 7.72. The summed E-state index contributed by atoms with van der Waals surface area (Å²) in [5, 5.41) is -0.164. The third-order valence-electron chi connectivity index (χ3n) is 3.43. The van der Waals surface area contributed by atoms with Gasteiger partial charge < -0.3 is 5.73 Å². The Bertz CT molecular complexity index is 459. The summed E-state index contributed by atoms with van der Waals surface area (Å²) in [5.74, 6) is 0. The molecule has 17 heavy (non-hydrogen) atoms. The van der Waals surface area contributed by atoms with E-state index in [2.05, 4.69) is 0 Å². The monoisotopic (exact) mass is 253 g/mol. The van der Waals surface area contributed by atoms with E-state index in [-0.39, 0.29) is 5.25 Å². The van der Waals surface area contributed by atoms with E-state index >= 15 is 0 Å². The fourth-order valence-corrected chi connectivity index (χ4v) is 4.26. The van der Waals surface area contributed by atoms with Crippen LogP contribution in [0.2, 0.25) is 0 Å². The van der Waals surface area contributed by atoms with Crippen LogP contribution in [0, 0.1) is 0 Å². The summed E-state index contributed by atoms with van der Waals surface area (Å²) in [6.45, 7) is 0.592. The number of benzene rings is 1. The summed E-state index contributed by atoms with van der Waals surface area (Å²) in [7, 11) is -3.10. The molecular weight excluding hydrogens is 234 g/mol. The zero-order valence-electron chi connectivity index (χ0n) is 9.93. The molecule has 0 spiro atoms. The minimum Gasteiger partial charge on any atom is -0.330 e. The third-order valence-corrected chi connectivity index (χ3v) is 5.70. The van der Waals surface area contributed by atoms with Crippen molar-refractivity contribution < 1.29 is 8.42 Å². The molecule has 0 saturated heterocycles. The van der Waals surface area contributed by atoms with Gasteiger partial charge in [0.05, 0.1) is 10.1 Å². The molecule has 3 nitrogen and oxygen atoms in total. The highest BCUT2D eigenvalue weighted by Gasteiger charge is 2.29. The lowest BCUT2D eigenvalue weighted by molar-refractivity contribution is 0.579. The van der Waals surface area contributed by atoms with E-state index in [0.29, 0.717) is 11.4 Å². The molecule has 1 aliphatic carbocycles. The zero-order valence-corrected chi connectivity index (χ0v) is 10.7. The Morgan fingerprint density at radius 2 is 1.71 bits per heavy atom. The normalized spacial score (nSPS) is 17.5. The quantitative estimate of drug-likeness (QED) is 0.891. The summed E-state index contributed by atoms with van der Waals surface area (Å²) >= 11 is 0. The first-order valence-electron chi connectivity index (χ1n) is 6.17. The minimum atomic E-state index is -3.10. The van der Waals surface area contributed by atoms with Gasteiger partial charge in [0.2, 0.25) is 0 Å². The summed E-state index contributed by atoms with van der Waals surface area (Å²) in [4.78, 5) is 0.463. The fraction of sp³-hybridized carbons (Fsp3) is 0.538. The van der Waals surface area contributed by atoms with E-state index in [0.717, 1.165) is 37.7 Å². The van der Waals surface area contributed by atoms with Crippen LogP contribution >= 0.6 is 0 Å². The van der Waals surface area contributed by atoms with Crippen LogP contribution in [0.4, 0.5) is 0 Å². The molecule has 0 amide bonds. The Balaban J connectivity index is 2.21. The highest BCUT2D eigenvalue weighted by Crippen LogP contribution is 2.29. The van der Waals surface area contributed by atoms with Gasteiger partial charge >= 0.3 is 0 Å². The standard InChI is InChI=1S/C13H19NO2S/c14-10-9-11-5-7-13(8-6-11)17(15,16)12-3-1-2-4-12/h5-8,12H,1-4,9-10,14H2. The van der Waals surface area contributed by atoms with Crippen molar-refractivity contribution in [1.29, 1.82) is 0 Å². The number of hydrogen-bond donors (Lipinski definition) is 1. The van der Waals surface area contributed by atoms with E-state index < -0.39 is 9.84 Å². The van der Waals surface area contributed by atoms with Gasteiger partial charge in [-0.05, 0) is 43.5 Å². The Hall–Kier alpha value is -0.870. The van der Waals surface area contributed by atoms with Gasteiger partial charge in [0.25, 0.3) is 0 Å². The maximum absolute atomic E-state index is 12.3. The maximum atomic E-state index is 12.3. The lowest BCUT2D eigenvalue weighted by Crippen LogP contribution is -2.17. The van der Waals surface area contributed by atoms with E-state index in [9.17, 15) is 8.42 Å². The molecule has 4 heteroatoms. The highest BCUT2D eigenvalue weighted by molar-refractivity contribution is 7.92. The van der Waals surface area contributed by atoms with Crippen LogP contribution in [-0.2, 0) is 16.3 Å². The molecule has 2 rings (SSSR count). The number of hydrogen-bond acceptors (Lipinski definition) is 3. The number of sulfone groups is 1. The highest BCUT2D eigenvalue weighted by atomic mass is 32.2. The van der Waals surface area contributed by atoms with Gasteiger partial charge in [-0.2, -0.15) is 0 Å². The van der Waals surface area contributed by atoms with Crippen LogP contribution in [-0.4, -0.2) is 20.2 Å². The smallest absolute Gasteiger partial charge is 0.181 e. The lowest BCUT2D eigenvalue weighted by Gasteiger charge is -2.11. The molecule has 1 aromatic carbocycles. The molecule has 1 aromatic rings. The first-order chi connectivity index (χ1) is 8.14. The fourth-order valence-electron chi connectivity index (χ4n) is 2.40. The van der Waals surface area contributed by atoms with Crippen molar-refractivity contribution in [2.75, 3.05) is 6.54 Å². The van der Waals surface area contributed by atoms with Gasteiger partial charge in [-0.3, -0.25) is 0 Å². The van der Waals surface area contributed by atoms with Crippen LogP contribution in [0.25, 0.3) is 0 Å². The summed E-state index contributed by atoms with van der Waals surface area (Å²) in [5.41, 5.74) is 6.56. The van der Waals surface area contributed by atoms with Gasteiger partial charge in [0.15, 0.2) is 9.84 Å². The van der Waals surface area contributed by atoms with Gasteiger partial charge in [0.1, 0.15) is 0 Å². The average Bonchev–Trinajstić information content (AvgIpc) is 2.84. The molecule has 0 bridgehead atoms. The molecule has 2 N–H and O–H groups in total. The molecule has 94 valence electrons. The second-order valence-electron chi connectivity index (χ2n) is 4.63. The SMILES string of the molecule is NCCc1ccc(S(=O)(=O)C2CCCC2)cc1. The van der Waals surface area contributed by atoms with Crippen molar-refractivity contribution in [2.24, 2.45) is 5.73 Å². The molecule has 1 fully saturated rings. The molecule has 0 unspecified atom stereocenters. The molecular formula is C13H19NO2S. The predicted octanol–water partition coefficient (Wildman–Crippen LogP) is 1.90. The zero-order chi connectivity index (χ0) is 12.3. The van der Waals surface area contributed by atoms with Crippen LogP contribution in [0.1, 0.15) is 31.2 Å². The maximum Gasteiger partial charge on any atom is 0.181 e. The van der Waals surface area contributed by atoms with E-state index in [4.69, 9.17) is 5.73 Å². The summed E-state index contributed by atoms with van der Waals surface area (Å²) in [6.07, 6.45) is 4.49. The third kappa shape index (κ3) is 2.69. The van der Waals surface area contributed by atoms with E-state index in [1.807, 2.05) is 12.1 Å². The summed E-state index contributed by atoms with van der Waals surface area (Å²) < 4.78 is 24.6. The first kappa shape index (κ1) is 12.6. The largest absolute Gasteiger partial charge is 0.330 e. The molecule has 0 aromatic heterocycles. The second kappa shape index (κ2) is 5.19.